The Morgan fingerprint density at radius 1 is 1.45 bits per heavy atom. The molecule has 1 aromatic carbocycles. The summed E-state index contributed by atoms with van der Waals surface area (Å²) in [5, 5.41) is 25.4. The van der Waals surface area contributed by atoms with Crippen LogP contribution in [0.2, 0.25) is 5.02 Å². The predicted octanol–water partition coefficient (Wildman–Crippen LogP) is 1.41. The topological polar surface area (TPSA) is 108 Å². The second-order valence-corrected chi connectivity index (χ2v) is 4.72. The summed E-state index contributed by atoms with van der Waals surface area (Å²) in [6.45, 7) is 0.732. The molecule has 22 heavy (non-hydrogen) atoms. The van der Waals surface area contributed by atoms with Crippen LogP contribution in [0.15, 0.2) is 29.3 Å². The van der Waals surface area contributed by atoms with Gasteiger partial charge in [-0.25, -0.2) is 0 Å². The summed E-state index contributed by atoms with van der Waals surface area (Å²) < 4.78 is 4.88. The second kappa shape index (κ2) is 7.05. The van der Waals surface area contributed by atoms with Gasteiger partial charge in [0.1, 0.15) is 5.69 Å². The molecule has 1 aromatic heterocycles. The minimum Gasteiger partial charge on any atom is -0.409 e. The molecule has 0 aliphatic rings. The molecule has 0 amide bonds. The van der Waals surface area contributed by atoms with Crippen LogP contribution < -0.4 is 5.49 Å². The monoisotopic (exact) mass is 327 g/mol. The number of nitro groups is 1. The molecule has 2 aromatic rings. The smallest absolute Gasteiger partial charge is 0.409 e. The molecule has 10 heteroatoms. The van der Waals surface area contributed by atoms with E-state index in [0.717, 1.165) is 4.80 Å². The van der Waals surface area contributed by atoms with Gasteiger partial charge in [0.05, 0.1) is 5.10 Å². The van der Waals surface area contributed by atoms with Crippen LogP contribution in [0, 0.1) is 10.1 Å². The maximum atomic E-state index is 11.1. The first-order valence-corrected chi connectivity index (χ1v) is 6.73. The van der Waals surface area contributed by atoms with Crippen molar-refractivity contribution in [3.63, 3.8) is 0 Å². The SMILES string of the molecule is COCCCN=c1c([N+](=O)[O-])nn(-c2ccc(Cl)cc2)n1O. The number of benzene rings is 1. The molecule has 0 bridgehead atoms. The number of aromatic nitrogens is 3. The van der Waals surface area contributed by atoms with Gasteiger partial charge in [0, 0.05) is 25.3 Å². The highest BCUT2D eigenvalue weighted by atomic mass is 35.5. The molecule has 0 aliphatic heterocycles. The molecule has 1 heterocycles. The molecular weight excluding hydrogens is 314 g/mol. The summed E-state index contributed by atoms with van der Waals surface area (Å²) in [5.41, 5.74) is 0.185. The highest BCUT2D eigenvalue weighted by molar-refractivity contribution is 6.30. The Morgan fingerprint density at radius 3 is 2.73 bits per heavy atom. The summed E-state index contributed by atoms with van der Waals surface area (Å²) in [4.78, 5) is 15.9. The van der Waals surface area contributed by atoms with Gasteiger partial charge in [-0.15, -0.1) is 0 Å². The van der Waals surface area contributed by atoms with Crippen molar-refractivity contribution in [3.8, 4) is 5.69 Å². The Balaban J connectivity index is 2.45. The molecular formula is C12H14ClN5O4. The molecule has 118 valence electrons. The number of nitrogens with zero attached hydrogens (tertiary/aromatic N) is 5. The summed E-state index contributed by atoms with van der Waals surface area (Å²) in [6.07, 6.45) is 0.569. The number of ether oxygens (including phenoxy) is 1. The quantitative estimate of drug-likeness (QED) is 0.373. The molecule has 2 rings (SSSR count). The molecule has 1 N–H and O–H groups in total. The highest BCUT2D eigenvalue weighted by Crippen LogP contribution is 2.13. The number of hydrogen-bond donors (Lipinski definition) is 1. The average Bonchev–Trinajstić information content (AvgIpc) is 2.82. The van der Waals surface area contributed by atoms with Crippen LogP contribution in [0.5, 0.6) is 0 Å². The minimum absolute atomic E-state index is 0.226. The third kappa shape index (κ3) is 3.43. The lowest BCUT2D eigenvalue weighted by molar-refractivity contribution is -0.391. The third-order valence-electron chi connectivity index (χ3n) is 2.76. The first-order chi connectivity index (χ1) is 10.5. The number of methoxy groups -OCH3 is 1. The van der Waals surface area contributed by atoms with E-state index in [4.69, 9.17) is 16.3 Å². The molecule has 0 atom stereocenters. The maximum absolute atomic E-state index is 11.1. The van der Waals surface area contributed by atoms with Gasteiger partial charge in [-0.1, -0.05) is 16.4 Å². The molecule has 0 saturated carbocycles. The Labute approximate surface area is 130 Å². The van der Waals surface area contributed by atoms with Crippen LogP contribution in [0.4, 0.5) is 5.82 Å². The van der Waals surface area contributed by atoms with E-state index in [0.29, 0.717) is 28.6 Å². The van der Waals surface area contributed by atoms with Gasteiger partial charge in [-0.3, -0.25) is 4.99 Å². The zero-order valence-electron chi connectivity index (χ0n) is 11.7. The molecule has 0 aliphatic carbocycles. The predicted molar refractivity (Wildman–Crippen MR) is 77.3 cm³/mol. The van der Waals surface area contributed by atoms with Crippen LogP contribution in [0.1, 0.15) is 6.42 Å². The van der Waals surface area contributed by atoms with E-state index in [-0.39, 0.29) is 12.0 Å². The van der Waals surface area contributed by atoms with E-state index in [1.165, 1.54) is 0 Å². The van der Waals surface area contributed by atoms with Crippen molar-refractivity contribution in [2.75, 3.05) is 20.3 Å². The van der Waals surface area contributed by atoms with Gasteiger partial charge in [-0.2, -0.15) is 0 Å². The van der Waals surface area contributed by atoms with E-state index < -0.39 is 10.7 Å². The van der Waals surface area contributed by atoms with E-state index >= 15 is 0 Å². The third-order valence-corrected chi connectivity index (χ3v) is 3.01. The van der Waals surface area contributed by atoms with Crippen LogP contribution in [0.25, 0.3) is 5.69 Å². The van der Waals surface area contributed by atoms with E-state index in [9.17, 15) is 15.3 Å². The normalized spacial score (nSPS) is 11.8. The number of hydrogen-bond acceptors (Lipinski definition) is 6. The van der Waals surface area contributed by atoms with Crippen LogP contribution >= 0.6 is 11.6 Å². The van der Waals surface area contributed by atoms with Gasteiger partial charge in [0.2, 0.25) is 0 Å². The Bertz CT molecular complexity index is 722. The summed E-state index contributed by atoms with van der Waals surface area (Å²) >= 11 is 5.79. The van der Waals surface area contributed by atoms with Gasteiger partial charge in [-0.05, 0) is 40.4 Å². The van der Waals surface area contributed by atoms with Crippen molar-refractivity contribution in [2.24, 2.45) is 4.99 Å². The summed E-state index contributed by atoms with van der Waals surface area (Å²) in [7, 11) is 1.55. The van der Waals surface area contributed by atoms with Crippen molar-refractivity contribution >= 4 is 17.4 Å². The fraction of sp³-hybridized carbons (Fsp3) is 0.333. The maximum Gasteiger partial charge on any atom is 0.438 e. The van der Waals surface area contributed by atoms with Crippen LogP contribution in [-0.2, 0) is 4.74 Å². The number of rotatable bonds is 6. The molecule has 0 unspecified atom stereocenters. The van der Waals surface area contributed by atoms with Gasteiger partial charge >= 0.3 is 5.82 Å². The van der Waals surface area contributed by atoms with Crippen molar-refractivity contribution < 1.29 is 14.9 Å². The summed E-state index contributed by atoms with van der Waals surface area (Å²) in [5.74, 6) is -0.533. The molecule has 9 nitrogen and oxygen atoms in total. The largest absolute Gasteiger partial charge is 0.438 e. The average molecular weight is 328 g/mol. The Morgan fingerprint density at radius 2 is 2.14 bits per heavy atom. The Kier molecular flexibility index (Phi) is 5.12. The Hall–Kier alpha value is -2.39. The van der Waals surface area contributed by atoms with Crippen molar-refractivity contribution in [3.05, 3.63) is 44.9 Å². The van der Waals surface area contributed by atoms with Gasteiger partial charge in [0.15, 0.2) is 0 Å². The van der Waals surface area contributed by atoms with E-state index in [1.807, 2.05) is 0 Å². The standard InChI is InChI=1S/C12H14ClN5O4/c1-22-8-2-7-14-11-12(18(20)21)15-16(17(11)19)10-5-3-9(13)4-6-10/h3-6,19H,2,7-8H2,1H3. The van der Waals surface area contributed by atoms with Gasteiger partial charge < -0.3 is 20.1 Å². The van der Waals surface area contributed by atoms with Crippen LogP contribution in [-0.4, -0.2) is 45.1 Å². The second-order valence-electron chi connectivity index (χ2n) is 4.29. The van der Waals surface area contributed by atoms with Crippen molar-refractivity contribution in [1.82, 2.24) is 14.7 Å². The lowest BCUT2D eigenvalue weighted by Gasteiger charge is -1.99. The lowest BCUT2D eigenvalue weighted by Crippen LogP contribution is -2.22. The lowest BCUT2D eigenvalue weighted by atomic mass is 10.3. The van der Waals surface area contributed by atoms with Crippen molar-refractivity contribution in [2.45, 2.75) is 6.42 Å². The zero-order chi connectivity index (χ0) is 16.1. The fourth-order valence-corrected chi connectivity index (χ4v) is 1.87. The first kappa shape index (κ1) is 16.0. The fourth-order valence-electron chi connectivity index (χ4n) is 1.74. The van der Waals surface area contributed by atoms with Crippen molar-refractivity contribution in [1.29, 1.82) is 0 Å². The van der Waals surface area contributed by atoms with Gasteiger partial charge in [0.25, 0.3) is 5.49 Å². The zero-order valence-corrected chi connectivity index (χ0v) is 12.5. The van der Waals surface area contributed by atoms with Crippen LogP contribution in [0.3, 0.4) is 0 Å². The molecule has 0 fully saturated rings. The van der Waals surface area contributed by atoms with E-state index in [1.54, 1.807) is 31.4 Å². The highest BCUT2D eigenvalue weighted by Gasteiger charge is 2.23. The molecule has 0 spiro atoms. The minimum atomic E-state index is -0.700. The number of halogens is 1. The van der Waals surface area contributed by atoms with E-state index in [2.05, 4.69) is 10.1 Å². The first-order valence-electron chi connectivity index (χ1n) is 6.36. The molecule has 0 saturated heterocycles. The molecule has 0 radical (unpaired) electrons. The summed E-state index contributed by atoms with van der Waals surface area (Å²) in [6, 6.07) is 6.31.